The highest BCUT2D eigenvalue weighted by Gasteiger charge is 2.47. The second-order valence-electron chi connectivity index (χ2n) is 12.3. The number of rotatable bonds is 9. The van der Waals surface area contributed by atoms with Gasteiger partial charge in [-0.05, 0) is 93.2 Å². The summed E-state index contributed by atoms with van der Waals surface area (Å²) in [4.78, 5) is 15.9. The second kappa shape index (κ2) is 13.1. The second-order valence-corrected chi connectivity index (χ2v) is 14.2. The Balaban J connectivity index is 1.62. The zero-order chi connectivity index (χ0) is 28.9. The number of thioether (sulfide) groups is 1. The van der Waals surface area contributed by atoms with E-state index in [0.717, 1.165) is 65.2 Å². The molecule has 2 aliphatic rings. The molecule has 6 heteroatoms. The van der Waals surface area contributed by atoms with E-state index >= 15 is 0 Å². The maximum absolute atomic E-state index is 13.7. The van der Waals surface area contributed by atoms with Gasteiger partial charge in [0.2, 0.25) is 0 Å². The molecule has 216 valence electrons. The van der Waals surface area contributed by atoms with Gasteiger partial charge in [-0.15, -0.1) is 0 Å². The number of ether oxygens (including phenoxy) is 1. The van der Waals surface area contributed by atoms with Crippen LogP contribution in [0.15, 0.2) is 74.6 Å². The number of benzene rings is 2. The number of hydrogen-bond donors (Lipinski definition) is 1. The maximum Gasteiger partial charge on any atom is 0.349 e. The van der Waals surface area contributed by atoms with Crippen molar-refractivity contribution in [2.75, 3.05) is 0 Å². The van der Waals surface area contributed by atoms with Crippen LogP contribution in [0.4, 0.5) is 0 Å². The van der Waals surface area contributed by atoms with Crippen LogP contribution < -0.4 is 4.18 Å². The van der Waals surface area contributed by atoms with Crippen LogP contribution in [0.3, 0.4) is 0 Å². The summed E-state index contributed by atoms with van der Waals surface area (Å²) in [7, 11) is 0. The Morgan fingerprint density at radius 1 is 1.15 bits per heavy atom. The molecule has 1 heterocycles. The topological polar surface area (TPSA) is 55.8 Å². The Kier molecular flexibility index (Phi) is 10.0. The maximum atomic E-state index is 13.7. The summed E-state index contributed by atoms with van der Waals surface area (Å²) in [6.07, 6.45) is 9.77. The van der Waals surface area contributed by atoms with E-state index in [1.165, 1.54) is 35.8 Å². The molecule has 1 unspecified atom stereocenters. The average molecular weight is 581 g/mol. The molecule has 0 amide bonds. The van der Waals surface area contributed by atoms with Crippen LogP contribution in [0.25, 0.3) is 0 Å². The summed E-state index contributed by atoms with van der Waals surface area (Å²) in [5.74, 6) is 0.857. The summed E-state index contributed by atoms with van der Waals surface area (Å²) in [6, 6.07) is 14.2. The Labute approximate surface area is 249 Å². The number of aryl methyl sites for hydroxylation is 1. The van der Waals surface area contributed by atoms with E-state index < -0.39 is 11.6 Å². The van der Waals surface area contributed by atoms with Gasteiger partial charge < -0.3 is 14.0 Å². The minimum atomic E-state index is -0.634. The molecule has 1 N–H and O–H groups in total. The Hall–Kier alpha value is -2.31. The van der Waals surface area contributed by atoms with E-state index in [-0.39, 0.29) is 17.1 Å². The Morgan fingerprint density at radius 3 is 2.48 bits per heavy atom. The van der Waals surface area contributed by atoms with Crippen molar-refractivity contribution in [2.45, 2.75) is 114 Å². The molecule has 1 atom stereocenters. The van der Waals surface area contributed by atoms with Crippen molar-refractivity contribution in [1.29, 1.82) is 0 Å². The zero-order valence-electron chi connectivity index (χ0n) is 24.8. The summed E-state index contributed by atoms with van der Waals surface area (Å²) < 4.78 is 12.5. The van der Waals surface area contributed by atoms with E-state index in [4.69, 9.17) is 8.92 Å². The van der Waals surface area contributed by atoms with Gasteiger partial charge in [0.25, 0.3) is 0 Å². The molecular formula is C34H44O4S2. The van der Waals surface area contributed by atoms with Crippen molar-refractivity contribution in [3.8, 4) is 5.75 Å². The van der Waals surface area contributed by atoms with Crippen molar-refractivity contribution < 1.29 is 18.8 Å². The van der Waals surface area contributed by atoms with E-state index in [2.05, 4.69) is 45.9 Å². The molecule has 1 saturated carbocycles. The number of aliphatic hydroxyl groups excluding tert-OH is 1. The largest absolute Gasteiger partial charge is 0.511 e. The van der Waals surface area contributed by atoms with Crippen LogP contribution in [-0.2, 0) is 14.9 Å². The van der Waals surface area contributed by atoms with Gasteiger partial charge in [0.05, 0.1) is 12.0 Å². The predicted octanol–water partition coefficient (Wildman–Crippen LogP) is 10.3. The number of allylic oxidation sites excluding steroid dienone is 2. The van der Waals surface area contributed by atoms with Crippen LogP contribution >= 0.6 is 23.8 Å². The van der Waals surface area contributed by atoms with Crippen molar-refractivity contribution in [2.24, 2.45) is 5.92 Å². The van der Waals surface area contributed by atoms with Crippen molar-refractivity contribution >= 4 is 29.8 Å². The first-order valence-electron chi connectivity index (χ1n) is 14.5. The number of aliphatic hydroxyl groups is 1. The van der Waals surface area contributed by atoms with Gasteiger partial charge in [-0.2, -0.15) is 0 Å². The molecule has 40 heavy (non-hydrogen) atoms. The molecule has 1 aliphatic heterocycles. The Bertz CT molecular complexity index is 1250. The molecule has 1 fully saturated rings. The Morgan fingerprint density at radius 2 is 1.85 bits per heavy atom. The average Bonchev–Trinajstić information content (AvgIpc) is 2.93. The third-order valence-corrected chi connectivity index (χ3v) is 10.2. The normalized spacial score (nSPS) is 20.9. The molecule has 2 aromatic rings. The minimum absolute atomic E-state index is 0.169. The smallest absolute Gasteiger partial charge is 0.349 e. The fourth-order valence-corrected chi connectivity index (χ4v) is 7.58. The molecule has 0 aromatic heterocycles. The van der Waals surface area contributed by atoms with Gasteiger partial charge in [0, 0.05) is 16.2 Å². The first-order valence-corrected chi connectivity index (χ1v) is 16.1. The van der Waals surface area contributed by atoms with E-state index in [9.17, 15) is 9.90 Å². The summed E-state index contributed by atoms with van der Waals surface area (Å²) in [5.41, 5.74) is 2.49. The lowest BCUT2D eigenvalue weighted by molar-refractivity contribution is -0.168. The summed E-state index contributed by atoms with van der Waals surface area (Å²) in [6.45, 7) is 12.6. The number of esters is 1. The quantitative estimate of drug-likeness (QED) is 0.181. The van der Waals surface area contributed by atoms with Crippen molar-refractivity contribution in [3.63, 3.8) is 0 Å². The van der Waals surface area contributed by atoms with Crippen LogP contribution in [-0.4, -0.2) is 16.7 Å². The molecule has 0 spiro atoms. The van der Waals surface area contributed by atoms with Crippen LogP contribution in [0, 0.1) is 12.8 Å². The third kappa shape index (κ3) is 7.30. The lowest BCUT2D eigenvalue weighted by Gasteiger charge is -2.44. The highest BCUT2D eigenvalue weighted by molar-refractivity contribution is 8.04. The lowest BCUT2D eigenvalue weighted by atomic mass is 9.71. The predicted molar refractivity (Wildman–Crippen MR) is 167 cm³/mol. The van der Waals surface area contributed by atoms with E-state index in [1.54, 1.807) is 0 Å². The number of cyclic esters (lactones) is 1. The molecule has 0 radical (unpaired) electrons. The van der Waals surface area contributed by atoms with Crippen molar-refractivity contribution in [1.82, 2.24) is 0 Å². The van der Waals surface area contributed by atoms with Gasteiger partial charge in [-0.25, -0.2) is 4.79 Å². The fraction of sp³-hybridized carbons (Fsp3) is 0.500. The summed E-state index contributed by atoms with van der Waals surface area (Å²) >= 11 is 2.67. The molecule has 2 aromatic carbocycles. The van der Waals surface area contributed by atoms with Crippen LogP contribution in [0.1, 0.15) is 97.1 Å². The molecule has 4 rings (SSSR count). The standard InChI is InChI=1S/C34H44O4S2/c1-7-23(2)18-19-34(25-14-10-8-11-15-25)22-28(35)31(32(36)37-34)39-30-20-24(3)29(21-27(30)33(4,5)6)38-40-26-16-12-9-13-17-26/h7,9,12-13,16-17,20-21,25,35H,8,10-11,14-15,18-19,22H2,1-6H3/b23-7+. The van der Waals surface area contributed by atoms with Gasteiger partial charge in [0.1, 0.15) is 22.0 Å². The molecule has 1 aliphatic carbocycles. The van der Waals surface area contributed by atoms with Gasteiger partial charge in [-0.1, -0.05) is 81.6 Å². The molecule has 0 bridgehead atoms. The minimum Gasteiger partial charge on any atom is -0.511 e. The lowest BCUT2D eigenvalue weighted by Crippen LogP contribution is -2.47. The van der Waals surface area contributed by atoms with E-state index in [1.807, 2.05) is 44.2 Å². The molecular weight excluding hydrogens is 537 g/mol. The number of carbonyl (C=O) groups is 1. The first-order chi connectivity index (χ1) is 19.0. The highest BCUT2D eigenvalue weighted by Crippen LogP contribution is 2.49. The fourth-order valence-electron chi connectivity index (χ4n) is 5.70. The molecule has 0 saturated heterocycles. The SMILES string of the molecule is C/C=C(\C)CCC1(C2CCCCC2)CC(O)=C(Sc2cc(C)c(OSc3ccccc3)cc2C(C)(C)C)C(=O)O1. The van der Waals surface area contributed by atoms with Gasteiger partial charge >= 0.3 is 5.97 Å². The van der Waals surface area contributed by atoms with Crippen LogP contribution in [0.5, 0.6) is 5.75 Å². The highest BCUT2D eigenvalue weighted by atomic mass is 32.2. The zero-order valence-corrected chi connectivity index (χ0v) is 26.5. The molecule has 4 nitrogen and oxygen atoms in total. The van der Waals surface area contributed by atoms with Crippen LogP contribution in [0.2, 0.25) is 0 Å². The van der Waals surface area contributed by atoms with E-state index in [0.29, 0.717) is 11.3 Å². The third-order valence-electron chi connectivity index (χ3n) is 8.26. The van der Waals surface area contributed by atoms with Crippen molar-refractivity contribution in [3.05, 3.63) is 75.9 Å². The first kappa shape index (κ1) is 30.6. The number of carbonyl (C=O) groups excluding carboxylic acids is 1. The monoisotopic (exact) mass is 580 g/mol. The van der Waals surface area contributed by atoms with Gasteiger partial charge in [-0.3, -0.25) is 0 Å². The summed E-state index contributed by atoms with van der Waals surface area (Å²) in [5, 5.41) is 11.4. The number of hydrogen-bond acceptors (Lipinski definition) is 6. The van der Waals surface area contributed by atoms with Gasteiger partial charge in [0.15, 0.2) is 0 Å².